The molecule has 2 heterocycles. The molecule has 2 aliphatic carbocycles. The van der Waals surface area contributed by atoms with Crippen molar-refractivity contribution in [3.8, 4) is 33.4 Å². The van der Waals surface area contributed by atoms with E-state index in [-0.39, 0.29) is 0 Å². The molecule has 0 aliphatic heterocycles. The lowest BCUT2D eigenvalue weighted by molar-refractivity contribution is 0.399. The van der Waals surface area contributed by atoms with Crippen LogP contribution in [0.4, 0.5) is 69.2 Å². The van der Waals surface area contributed by atoms with Gasteiger partial charge in [0.15, 0.2) is 46.5 Å². The maximum Gasteiger partial charge on any atom is 0.197 e. The first-order valence-corrected chi connectivity index (χ1v) is 33.0. The van der Waals surface area contributed by atoms with Crippen molar-refractivity contribution in [3.05, 3.63) is 394 Å². The van der Waals surface area contributed by atoms with Gasteiger partial charge in [0.1, 0.15) is 22.3 Å². The van der Waals surface area contributed by atoms with Crippen LogP contribution in [0.1, 0.15) is 55.6 Å². The molecule has 0 spiro atoms. The lowest BCUT2D eigenvalue weighted by Gasteiger charge is -2.35. The molecule has 14 aromatic carbocycles. The highest BCUT2D eigenvalue weighted by Crippen LogP contribution is 2.61. The van der Waals surface area contributed by atoms with E-state index in [0.717, 1.165) is 67.3 Å². The second kappa shape index (κ2) is 23.4. The third-order valence-corrected chi connectivity index (χ3v) is 20.6. The van der Waals surface area contributed by atoms with Crippen molar-refractivity contribution in [1.82, 2.24) is 0 Å². The van der Waals surface area contributed by atoms with E-state index in [4.69, 9.17) is 8.83 Å². The minimum atomic E-state index is -1.92. The van der Waals surface area contributed by atoms with Gasteiger partial charge in [-0.3, -0.25) is 0 Å². The van der Waals surface area contributed by atoms with Gasteiger partial charge in [0, 0.05) is 66.8 Å². The van der Waals surface area contributed by atoms with E-state index < -0.39 is 68.5 Å². The molecular weight excluding hydrogens is 1290 g/mol. The monoisotopic (exact) mass is 1340 g/mol. The Morgan fingerprint density at radius 1 is 0.265 bits per heavy atom. The Bertz CT molecular complexity index is 5800. The Labute approximate surface area is 579 Å². The highest BCUT2D eigenvalue weighted by atomic mass is 19.2. The van der Waals surface area contributed by atoms with Crippen LogP contribution in [0.25, 0.3) is 89.4 Å². The number of furan rings is 2. The summed E-state index contributed by atoms with van der Waals surface area (Å²) in [6, 6.07) is 85.5. The fraction of sp³-hybridized carbons (Fsp3) is 0.0222. The van der Waals surface area contributed by atoms with Gasteiger partial charge in [-0.15, -0.1) is 0 Å². The number of para-hydroxylation sites is 2. The fourth-order valence-electron chi connectivity index (χ4n) is 16.0. The summed E-state index contributed by atoms with van der Waals surface area (Å²) in [6.07, 6.45) is 3.32. The molecule has 16 aromatic rings. The van der Waals surface area contributed by atoms with Crippen LogP contribution in [0.5, 0.6) is 0 Å². The smallest absolute Gasteiger partial charge is 0.197 e. The summed E-state index contributed by atoms with van der Waals surface area (Å²) >= 11 is 0. The van der Waals surface area contributed by atoms with Crippen LogP contribution in [0.2, 0.25) is 0 Å². The van der Waals surface area contributed by atoms with Gasteiger partial charge in [0.05, 0.1) is 10.8 Å². The number of halogens is 8. The van der Waals surface area contributed by atoms with Crippen LogP contribution in [0, 0.1) is 46.5 Å². The first-order valence-electron chi connectivity index (χ1n) is 33.0. The van der Waals surface area contributed by atoms with Crippen LogP contribution >= 0.6 is 0 Å². The summed E-state index contributed by atoms with van der Waals surface area (Å²) in [7, 11) is 0. The van der Waals surface area contributed by atoms with Crippen molar-refractivity contribution >= 4 is 90.2 Å². The molecule has 0 saturated carbocycles. The van der Waals surface area contributed by atoms with Crippen molar-refractivity contribution in [2.24, 2.45) is 0 Å². The topological polar surface area (TPSA) is 32.8 Å². The van der Waals surface area contributed by atoms with Crippen LogP contribution in [0.15, 0.2) is 301 Å². The predicted octanol–water partition coefficient (Wildman–Crippen LogP) is 25.2. The molecule has 0 fully saturated rings. The molecule has 0 N–H and O–H groups in total. The highest BCUT2D eigenvalue weighted by Gasteiger charge is 2.51. The van der Waals surface area contributed by atoms with Crippen molar-refractivity contribution in [2.45, 2.75) is 10.8 Å². The number of rotatable bonds is 13. The van der Waals surface area contributed by atoms with Gasteiger partial charge in [-0.25, -0.2) is 35.1 Å². The van der Waals surface area contributed by atoms with E-state index in [1.165, 1.54) is 0 Å². The van der Waals surface area contributed by atoms with Crippen LogP contribution in [-0.4, -0.2) is 0 Å². The van der Waals surface area contributed by atoms with Gasteiger partial charge in [0.25, 0.3) is 0 Å². The Kier molecular flexibility index (Phi) is 14.1. The van der Waals surface area contributed by atoms with E-state index in [9.17, 15) is 0 Å². The SMILES string of the molecule is C=Cc1ccc(C2(c3cc(F)c(F)c(F)c3F)c3ccccc3-c3ccc(N(c4ccc(-c5ccc(N(c6ccc7c(c6)C(c6ccc(C=C)cc6)(c6cc(F)c(F)c(F)c6F)c6ccccc6-7)c6ccc7oc8ccccc8c7c6)cc5)cc4)c4ccc5oc6ccccc6c5c4)cc32)cc1. The zero-order chi connectivity index (χ0) is 69.4. The summed E-state index contributed by atoms with van der Waals surface area (Å²) in [5.74, 6) is -13.8. The Balaban J connectivity index is 0.791. The molecule has 12 heteroatoms. The zero-order valence-corrected chi connectivity index (χ0v) is 53.9. The van der Waals surface area contributed by atoms with E-state index in [2.05, 4.69) is 23.0 Å². The zero-order valence-electron chi connectivity index (χ0n) is 53.9. The third kappa shape index (κ3) is 9.08. The largest absolute Gasteiger partial charge is 0.456 e. The quantitative estimate of drug-likeness (QED) is 0.0654. The average molecular weight is 1350 g/mol. The lowest BCUT2D eigenvalue weighted by atomic mass is 9.67. The molecule has 102 heavy (non-hydrogen) atoms. The molecule has 0 amide bonds. The van der Waals surface area contributed by atoms with Gasteiger partial charge < -0.3 is 18.6 Å². The molecule has 490 valence electrons. The molecule has 4 nitrogen and oxygen atoms in total. The van der Waals surface area contributed by atoms with Crippen molar-refractivity contribution in [3.63, 3.8) is 0 Å². The molecule has 0 saturated heterocycles. The Hall–Kier alpha value is -12.8. The molecule has 2 unspecified atom stereocenters. The number of fused-ring (bicyclic) bond motifs is 12. The van der Waals surface area contributed by atoms with Crippen molar-refractivity contribution in [1.29, 1.82) is 0 Å². The van der Waals surface area contributed by atoms with Crippen LogP contribution in [-0.2, 0) is 10.8 Å². The van der Waals surface area contributed by atoms with E-state index >= 15 is 35.1 Å². The molecule has 0 radical (unpaired) electrons. The first-order chi connectivity index (χ1) is 49.8. The van der Waals surface area contributed by atoms with Crippen molar-refractivity contribution < 1.29 is 44.0 Å². The molecule has 2 atom stereocenters. The summed E-state index contributed by atoms with van der Waals surface area (Å²) in [4.78, 5) is 4.11. The van der Waals surface area contributed by atoms with Gasteiger partial charge in [0.2, 0.25) is 0 Å². The summed E-state index contributed by atoms with van der Waals surface area (Å²) < 4.78 is 141. The highest BCUT2D eigenvalue weighted by molar-refractivity contribution is 6.08. The van der Waals surface area contributed by atoms with E-state index in [0.29, 0.717) is 101 Å². The molecule has 0 bridgehead atoms. The fourth-order valence-corrected chi connectivity index (χ4v) is 16.0. The number of benzene rings is 14. The number of nitrogens with zero attached hydrogens (tertiary/aromatic N) is 2. The van der Waals surface area contributed by atoms with Crippen molar-refractivity contribution in [2.75, 3.05) is 9.80 Å². The molecular formula is C90H52F8N2O2. The van der Waals surface area contributed by atoms with Gasteiger partial charge in [-0.1, -0.05) is 195 Å². The van der Waals surface area contributed by atoms with E-state index in [1.54, 1.807) is 72.8 Å². The maximum atomic E-state index is 17.1. The number of hydrogen-bond acceptors (Lipinski definition) is 4. The summed E-state index contributed by atoms with van der Waals surface area (Å²) in [5.41, 5.74) is 11.5. The maximum absolute atomic E-state index is 17.1. The van der Waals surface area contributed by atoms with E-state index in [1.807, 2.05) is 206 Å². The summed E-state index contributed by atoms with van der Waals surface area (Å²) in [6.45, 7) is 7.87. The van der Waals surface area contributed by atoms with Crippen LogP contribution < -0.4 is 9.80 Å². The third-order valence-electron chi connectivity index (χ3n) is 20.6. The molecule has 2 aliphatic rings. The van der Waals surface area contributed by atoms with Crippen LogP contribution in [0.3, 0.4) is 0 Å². The molecule has 18 rings (SSSR count). The second-order valence-corrected chi connectivity index (χ2v) is 25.7. The predicted molar refractivity (Wildman–Crippen MR) is 390 cm³/mol. The normalized spacial score (nSPS) is 15.0. The second-order valence-electron chi connectivity index (χ2n) is 25.7. The summed E-state index contributed by atoms with van der Waals surface area (Å²) in [5, 5.41) is 3.47. The first kappa shape index (κ1) is 61.5. The Morgan fingerprint density at radius 3 is 1.00 bits per heavy atom. The molecule has 2 aromatic heterocycles. The van der Waals surface area contributed by atoms with Gasteiger partial charge in [-0.05, 0) is 187 Å². The minimum Gasteiger partial charge on any atom is -0.456 e. The number of hydrogen-bond donors (Lipinski definition) is 0. The minimum absolute atomic E-state index is 0.405. The lowest BCUT2D eigenvalue weighted by Crippen LogP contribution is -2.31. The Morgan fingerprint density at radius 2 is 0.598 bits per heavy atom. The van der Waals surface area contributed by atoms with Gasteiger partial charge in [-0.2, -0.15) is 0 Å². The van der Waals surface area contributed by atoms with Gasteiger partial charge >= 0.3 is 0 Å². The standard InChI is InChI=1S/C90H52F8N2O2/c1-3-51-21-29-55(30-22-51)89(75-49-77(91)85(95)87(97)83(75)93)71-17-9-5-13-63(71)65-41-37-61(47-73(65)89)99(59-39-43-81-69(45-59)67-15-7-11-19-79(67)101-81)57-33-25-53(26-34-57)54-27-35-58(36-28-54)100(60-40-44-82-70(46-60)68-16-8-12-20-80(68)102-82)62-38-42-66-64-14-6-10-18-72(64)90(74(66)48-62,56-31-23-52(4-2)24-32-56)76-50-78(92)86(96)88(98)84(76)94/h3-50H,1-2H2. The number of anilines is 6. The average Bonchev–Trinajstić information content (AvgIpc) is 1.53.